The van der Waals surface area contributed by atoms with Crippen molar-refractivity contribution in [2.75, 3.05) is 38.6 Å². The van der Waals surface area contributed by atoms with Gasteiger partial charge >= 0.3 is 0 Å². The van der Waals surface area contributed by atoms with Crippen molar-refractivity contribution < 1.29 is 9.41 Å². The van der Waals surface area contributed by atoms with Crippen molar-refractivity contribution in [2.45, 2.75) is 13.5 Å². The summed E-state index contributed by atoms with van der Waals surface area (Å²) >= 11 is 6.08. The van der Waals surface area contributed by atoms with Crippen LogP contribution in [0.25, 0.3) is 0 Å². The van der Waals surface area contributed by atoms with E-state index in [1.807, 2.05) is 30.3 Å². The van der Waals surface area contributed by atoms with Gasteiger partial charge in [-0.05, 0) is 37.3 Å². The third-order valence-electron chi connectivity index (χ3n) is 5.44. The van der Waals surface area contributed by atoms with E-state index in [-0.39, 0.29) is 10.7 Å². The molecule has 7 nitrogen and oxygen atoms in total. The molecule has 3 rings (SSSR count). The minimum atomic E-state index is -0.493. The highest BCUT2D eigenvalue weighted by Crippen LogP contribution is 2.30. The van der Waals surface area contributed by atoms with E-state index in [2.05, 4.69) is 60.4 Å². The molecule has 0 fully saturated rings. The molecule has 0 aliphatic rings. The van der Waals surface area contributed by atoms with Crippen molar-refractivity contribution in [3.05, 3.63) is 93.5 Å². The molecule has 0 radical (unpaired) electrons. The second-order valence-electron chi connectivity index (χ2n) is 8.49. The first-order chi connectivity index (χ1) is 15.8. The third kappa shape index (κ3) is 7.10. The van der Waals surface area contributed by atoms with Gasteiger partial charge in [0.2, 0.25) is 0 Å². The average Bonchev–Trinajstić information content (AvgIpc) is 2.79. The molecule has 172 valence electrons. The number of anilines is 1. The van der Waals surface area contributed by atoms with Gasteiger partial charge in [0.15, 0.2) is 0 Å². The van der Waals surface area contributed by atoms with Crippen LogP contribution in [0.4, 0.5) is 22.7 Å². The number of likely N-dealkylation sites (N-methyl/N-ethyl adjacent to an activating group) is 2. The number of hydrogen-bond donors (Lipinski definition) is 0. The summed E-state index contributed by atoms with van der Waals surface area (Å²) in [6, 6.07) is 22.6. The number of halogens is 1. The molecule has 0 saturated carbocycles. The summed E-state index contributed by atoms with van der Waals surface area (Å²) in [4.78, 5) is 12.7. The quantitative estimate of drug-likeness (QED) is 0.143. The Labute approximate surface area is 199 Å². The van der Waals surface area contributed by atoms with Crippen LogP contribution >= 0.6 is 11.6 Å². The maximum absolute atomic E-state index is 10.8. The maximum atomic E-state index is 10.8. The summed E-state index contributed by atoms with van der Waals surface area (Å²) in [6.07, 6.45) is 0. The number of benzene rings is 3. The van der Waals surface area contributed by atoms with Gasteiger partial charge in [-0.1, -0.05) is 41.9 Å². The number of nitrogens with zero attached hydrogens (tertiary/aromatic N) is 5. The first-order valence-electron chi connectivity index (χ1n) is 10.8. The lowest BCUT2D eigenvalue weighted by molar-refractivity contribution is -0.902. The molecule has 0 amide bonds. The maximum Gasteiger partial charge on any atom is 0.271 e. The van der Waals surface area contributed by atoms with E-state index in [1.54, 1.807) is 0 Å². The zero-order chi connectivity index (χ0) is 23.8. The van der Waals surface area contributed by atoms with E-state index in [0.717, 1.165) is 36.3 Å². The Morgan fingerprint density at radius 1 is 1.00 bits per heavy atom. The Hall–Kier alpha value is -3.29. The Balaban J connectivity index is 1.62. The van der Waals surface area contributed by atoms with Crippen molar-refractivity contribution in [3.8, 4) is 0 Å². The van der Waals surface area contributed by atoms with Crippen molar-refractivity contribution in [2.24, 2.45) is 10.2 Å². The lowest BCUT2D eigenvalue weighted by atomic mass is 10.2. The molecule has 0 aliphatic heterocycles. The Morgan fingerprint density at radius 3 is 2.30 bits per heavy atom. The second kappa shape index (κ2) is 11.0. The van der Waals surface area contributed by atoms with Crippen LogP contribution in [0.1, 0.15) is 12.5 Å². The normalized spacial score (nSPS) is 11.6. The number of non-ortho nitro benzene ring substituents is 1. The van der Waals surface area contributed by atoms with Crippen LogP contribution in [-0.4, -0.2) is 43.1 Å². The fraction of sp³-hybridized carbons (Fsp3) is 0.280. The first-order valence-corrected chi connectivity index (χ1v) is 11.2. The molecule has 0 atom stereocenters. The van der Waals surface area contributed by atoms with Gasteiger partial charge in [-0.2, -0.15) is 5.11 Å². The van der Waals surface area contributed by atoms with Crippen molar-refractivity contribution in [3.63, 3.8) is 0 Å². The van der Waals surface area contributed by atoms with Crippen LogP contribution in [0.2, 0.25) is 5.02 Å². The largest absolute Gasteiger partial charge is 0.366 e. The summed E-state index contributed by atoms with van der Waals surface area (Å²) in [7, 11) is 4.52. The molecule has 0 saturated heterocycles. The molecule has 0 aliphatic carbocycles. The van der Waals surface area contributed by atoms with Gasteiger partial charge in [-0.25, -0.2) is 0 Å². The summed E-state index contributed by atoms with van der Waals surface area (Å²) in [5.74, 6) is 0. The van der Waals surface area contributed by atoms with Gasteiger partial charge < -0.3 is 9.38 Å². The molecular weight excluding hydrogens is 438 g/mol. The zero-order valence-corrected chi connectivity index (χ0v) is 19.9. The zero-order valence-electron chi connectivity index (χ0n) is 19.2. The van der Waals surface area contributed by atoms with E-state index < -0.39 is 4.92 Å². The van der Waals surface area contributed by atoms with Crippen LogP contribution in [0, 0.1) is 10.1 Å². The highest BCUT2D eigenvalue weighted by molar-refractivity contribution is 6.33. The van der Waals surface area contributed by atoms with Gasteiger partial charge in [-0.15, -0.1) is 5.11 Å². The Kier molecular flexibility index (Phi) is 8.14. The van der Waals surface area contributed by atoms with Crippen molar-refractivity contribution in [1.82, 2.24) is 0 Å². The van der Waals surface area contributed by atoms with E-state index in [1.165, 1.54) is 23.8 Å². The summed E-state index contributed by atoms with van der Waals surface area (Å²) < 4.78 is 0.906. The molecule has 0 bridgehead atoms. The lowest BCUT2D eigenvalue weighted by Crippen LogP contribution is -2.44. The summed E-state index contributed by atoms with van der Waals surface area (Å²) in [5.41, 5.74) is 3.47. The van der Waals surface area contributed by atoms with Crippen LogP contribution in [0.3, 0.4) is 0 Å². The molecule has 3 aromatic rings. The molecule has 0 aromatic heterocycles. The number of quaternary nitrogens is 1. The van der Waals surface area contributed by atoms with E-state index >= 15 is 0 Å². The van der Waals surface area contributed by atoms with Gasteiger partial charge in [-0.3, -0.25) is 10.1 Å². The lowest BCUT2D eigenvalue weighted by Gasteiger charge is -2.33. The van der Waals surface area contributed by atoms with Crippen LogP contribution in [0.15, 0.2) is 83.0 Å². The molecular formula is C25H29ClN5O2+. The van der Waals surface area contributed by atoms with E-state index in [0.29, 0.717) is 11.4 Å². The predicted octanol–water partition coefficient (Wildman–Crippen LogP) is 6.77. The molecule has 0 unspecified atom stereocenters. The summed E-state index contributed by atoms with van der Waals surface area (Å²) in [6.45, 7) is 6.01. The fourth-order valence-corrected chi connectivity index (χ4v) is 3.76. The monoisotopic (exact) mass is 466 g/mol. The minimum Gasteiger partial charge on any atom is -0.366 e. The molecule has 0 heterocycles. The standard InChI is InChI=1S/C25H29ClN5O2/c1-4-29(16-17-31(2,3)19-20-8-6-5-7-9-20)22-12-10-21(11-13-22)27-28-25-15-14-23(30(32)33)18-24(25)26/h5-15,18H,4,16-17,19H2,1-3H3/q+1. The molecule has 0 spiro atoms. The minimum absolute atomic E-state index is 0.0754. The second-order valence-corrected chi connectivity index (χ2v) is 8.90. The first kappa shape index (κ1) is 24.4. The number of nitro benzene ring substituents is 1. The number of nitro groups is 1. The van der Waals surface area contributed by atoms with Gasteiger partial charge in [0, 0.05) is 29.9 Å². The smallest absolute Gasteiger partial charge is 0.271 e. The fourth-order valence-electron chi connectivity index (χ4n) is 3.55. The number of hydrogen-bond acceptors (Lipinski definition) is 5. The average molecular weight is 467 g/mol. The van der Waals surface area contributed by atoms with Crippen LogP contribution < -0.4 is 4.90 Å². The van der Waals surface area contributed by atoms with Gasteiger partial charge in [0.1, 0.15) is 12.2 Å². The molecule has 0 N–H and O–H groups in total. The number of rotatable bonds is 10. The SMILES string of the molecule is CCN(CC[N+](C)(C)Cc1ccccc1)c1ccc(N=Nc2ccc([N+](=O)[O-])cc2Cl)cc1. The van der Waals surface area contributed by atoms with E-state index in [4.69, 9.17) is 11.6 Å². The van der Waals surface area contributed by atoms with E-state index in [9.17, 15) is 10.1 Å². The van der Waals surface area contributed by atoms with Crippen LogP contribution in [0.5, 0.6) is 0 Å². The van der Waals surface area contributed by atoms with Crippen molar-refractivity contribution in [1.29, 1.82) is 0 Å². The highest BCUT2D eigenvalue weighted by atomic mass is 35.5. The topological polar surface area (TPSA) is 71.1 Å². The molecule has 33 heavy (non-hydrogen) atoms. The van der Waals surface area contributed by atoms with Gasteiger partial charge in [0.05, 0.1) is 42.8 Å². The third-order valence-corrected chi connectivity index (χ3v) is 5.74. The highest BCUT2D eigenvalue weighted by Gasteiger charge is 2.17. The molecule has 3 aromatic carbocycles. The van der Waals surface area contributed by atoms with Gasteiger partial charge in [0.25, 0.3) is 5.69 Å². The predicted molar refractivity (Wildman–Crippen MR) is 134 cm³/mol. The van der Waals surface area contributed by atoms with Crippen LogP contribution in [-0.2, 0) is 6.54 Å². The Bertz CT molecular complexity index is 1100. The summed E-state index contributed by atoms with van der Waals surface area (Å²) in [5, 5.41) is 19.4. The molecule has 8 heteroatoms. The van der Waals surface area contributed by atoms with Crippen molar-refractivity contribution >= 4 is 34.4 Å². The number of azo groups is 1. The Morgan fingerprint density at radius 2 is 1.70 bits per heavy atom.